The molecule has 3 N–H and O–H groups in total. The third-order valence-corrected chi connectivity index (χ3v) is 9.02. The van der Waals surface area contributed by atoms with E-state index in [-0.39, 0.29) is 45.9 Å². The highest BCUT2D eigenvalue weighted by molar-refractivity contribution is 8.00. The van der Waals surface area contributed by atoms with Crippen LogP contribution < -0.4 is 0 Å². The van der Waals surface area contributed by atoms with Gasteiger partial charge in [0.05, 0.1) is 11.4 Å². The fourth-order valence-electron chi connectivity index (χ4n) is 6.16. The Bertz CT molecular complexity index is 956. The number of aliphatic hydroxyl groups excluding tert-OH is 1. The van der Waals surface area contributed by atoms with Crippen molar-refractivity contribution in [2.45, 2.75) is 54.8 Å². The molecule has 2 aromatic rings. The molecule has 2 aromatic carbocycles. The summed E-state index contributed by atoms with van der Waals surface area (Å²) in [6.45, 7) is 2.20. The third kappa shape index (κ3) is 2.89. The van der Waals surface area contributed by atoms with E-state index in [0.717, 1.165) is 36.1 Å². The molecule has 0 radical (unpaired) electrons. The molecule has 3 unspecified atom stereocenters. The Morgan fingerprint density at radius 2 is 1.72 bits per heavy atom. The molecular weight excluding hydrogens is 384 g/mol. The number of phenols is 2. The molecule has 0 aliphatic heterocycles. The number of carbonyl (C=O) groups is 1. The van der Waals surface area contributed by atoms with E-state index in [1.165, 1.54) is 0 Å². The fourth-order valence-corrected chi connectivity index (χ4v) is 7.52. The lowest BCUT2D eigenvalue weighted by Crippen LogP contribution is -2.50. The number of hydrogen-bond acceptors (Lipinski definition) is 5. The first-order valence-corrected chi connectivity index (χ1v) is 11.3. The van der Waals surface area contributed by atoms with Gasteiger partial charge in [0.25, 0.3) is 0 Å². The van der Waals surface area contributed by atoms with Crippen LogP contribution in [0, 0.1) is 17.3 Å². The van der Waals surface area contributed by atoms with Gasteiger partial charge in [-0.05, 0) is 90.8 Å². The van der Waals surface area contributed by atoms with E-state index in [4.69, 9.17) is 0 Å². The van der Waals surface area contributed by atoms with E-state index in [2.05, 4.69) is 6.92 Å². The molecule has 152 valence electrons. The topological polar surface area (TPSA) is 77.8 Å². The lowest BCUT2D eigenvalue weighted by molar-refractivity contribution is -0.0193. The van der Waals surface area contributed by atoms with Gasteiger partial charge < -0.3 is 15.3 Å². The molecule has 0 saturated heterocycles. The molecule has 3 aliphatic carbocycles. The van der Waals surface area contributed by atoms with Crippen molar-refractivity contribution in [3.05, 3.63) is 53.6 Å². The number of fused-ring (bicyclic) bond motifs is 5. The summed E-state index contributed by atoms with van der Waals surface area (Å²) in [7, 11) is 0. The number of thioether (sulfide) groups is 1. The highest BCUT2D eigenvalue weighted by atomic mass is 32.2. The van der Waals surface area contributed by atoms with Gasteiger partial charge in [0.1, 0.15) is 11.5 Å². The molecule has 0 spiro atoms. The second-order valence-electron chi connectivity index (χ2n) is 9.10. The van der Waals surface area contributed by atoms with Gasteiger partial charge in [-0.25, -0.2) is 0 Å². The third-order valence-electron chi connectivity index (χ3n) is 7.69. The van der Waals surface area contributed by atoms with Crippen LogP contribution in [0.1, 0.15) is 54.4 Å². The van der Waals surface area contributed by atoms with Crippen molar-refractivity contribution in [1.82, 2.24) is 0 Å². The van der Waals surface area contributed by atoms with E-state index >= 15 is 0 Å². The zero-order valence-electron chi connectivity index (χ0n) is 16.4. The van der Waals surface area contributed by atoms with Gasteiger partial charge in [0.15, 0.2) is 5.78 Å². The highest BCUT2D eigenvalue weighted by Crippen LogP contribution is 2.62. The van der Waals surface area contributed by atoms with Crippen LogP contribution in [0.15, 0.2) is 47.4 Å². The monoisotopic (exact) mass is 410 g/mol. The normalized spacial score (nSPS) is 35.7. The molecular formula is C24H26O4S. The number of benzene rings is 2. The Balaban J connectivity index is 1.61. The maximum Gasteiger partial charge on any atom is 0.176 e. The Morgan fingerprint density at radius 1 is 1.00 bits per heavy atom. The van der Waals surface area contributed by atoms with Crippen molar-refractivity contribution in [3.63, 3.8) is 0 Å². The number of hydrogen-bond donors (Lipinski definition) is 3. The summed E-state index contributed by atoms with van der Waals surface area (Å²) >= 11 is 1.56. The quantitative estimate of drug-likeness (QED) is 0.667. The number of aliphatic hydroxyl groups is 1. The van der Waals surface area contributed by atoms with Crippen LogP contribution in [0.4, 0.5) is 0 Å². The van der Waals surface area contributed by atoms with Gasteiger partial charge in [-0.15, -0.1) is 11.8 Å². The lowest BCUT2D eigenvalue weighted by Gasteiger charge is -2.52. The summed E-state index contributed by atoms with van der Waals surface area (Å²) < 4.78 is 0. The maximum absolute atomic E-state index is 13.6. The Hall–Kier alpha value is -1.98. The van der Waals surface area contributed by atoms with E-state index in [1.807, 2.05) is 18.2 Å². The first kappa shape index (κ1) is 19.0. The first-order valence-electron chi connectivity index (χ1n) is 10.4. The van der Waals surface area contributed by atoms with Crippen LogP contribution in [0.3, 0.4) is 0 Å². The minimum atomic E-state index is -0.302. The summed E-state index contributed by atoms with van der Waals surface area (Å²) in [5.41, 5.74) is 1.57. The van der Waals surface area contributed by atoms with Crippen molar-refractivity contribution in [1.29, 1.82) is 0 Å². The molecule has 0 aromatic heterocycles. The van der Waals surface area contributed by atoms with Crippen LogP contribution in [-0.4, -0.2) is 32.5 Å². The molecule has 29 heavy (non-hydrogen) atoms. The lowest BCUT2D eigenvalue weighted by atomic mass is 9.55. The molecule has 2 saturated carbocycles. The first-order chi connectivity index (χ1) is 13.9. The Morgan fingerprint density at radius 3 is 2.48 bits per heavy atom. The molecule has 5 heteroatoms. The van der Waals surface area contributed by atoms with Crippen LogP contribution >= 0.6 is 11.8 Å². The molecule has 2 fully saturated rings. The minimum absolute atomic E-state index is 0.0702. The van der Waals surface area contributed by atoms with E-state index < -0.39 is 0 Å². The number of rotatable bonds is 2. The van der Waals surface area contributed by atoms with Crippen LogP contribution in [0.5, 0.6) is 11.5 Å². The van der Waals surface area contributed by atoms with Crippen LogP contribution in [-0.2, 0) is 0 Å². The van der Waals surface area contributed by atoms with Gasteiger partial charge >= 0.3 is 0 Å². The van der Waals surface area contributed by atoms with Crippen molar-refractivity contribution in [2.24, 2.45) is 17.3 Å². The Labute approximate surface area is 175 Å². The average Bonchev–Trinajstić information content (AvgIpc) is 3.01. The summed E-state index contributed by atoms with van der Waals surface area (Å²) in [5, 5.41) is 30.1. The highest BCUT2D eigenvalue weighted by Gasteiger charge is 2.58. The zero-order chi connectivity index (χ0) is 20.3. The molecule has 6 atom stereocenters. The van der Waals surface area contributed by atoms with Crippen LogP contribution in [0.2, 0.25) is 0 Å². The number of ketones is 1. The number of carbonyl (C=O) groups excluding carboxylic acids is 1. The van der Waals surface area contributed by atoms with E-state index in [1.54, 1.807) is 36.0 Å². The zero-order valence-corrected chi connectivity index (χ0v) is 17.2. The molecule has 5 rings (SSSR count). The predicted octanol–water partition coefficient (Wildman–Crippen LogP) is 4.73. The Kier molecular flexibility index (Phi) is 4.44. The van der Waals surface area contributed by atoms with E-state index in [0.29, 0.717) is 11.5 Å². The largest absolute Gasteiger partial charge is 0.508 e. The molecule has 0 heterocycles. The SMILES string of the molecule is C[C@]12CCC3c4ccc(O)cc4C(=O)[C@@H](Sc4ccc(O)cc4)C3C1CC[C@@H]2O. The van der Waals surface area contributed by atoms with Crippen molar-refractivity contribution in [3.8, 4) is 11.5 Å². The van der Waals surface area contributed by atoms with Gasteiger partial charge in [-0.3, -0.25) is 4.79 Å². The molecule has 3 aliphatic rings. The minimum Gasteiger partial charge on any atom is -0.508 e. The maximum atomic E-state index is 13.6. The van der Waals surface area contributed by atoms with Gasteiger partial charge in [0, 0.05) is 10.5 Å². The summed E-state index contributed by atoms with van der Waals surface area (Å²) in [4.78, 5) is 14.6. The fraction of sp³-hybridized carbons (Fsp3) is 0.458. The summed E-state index contributed by atoms with van der Waals surface area (Å²) in [5.74, 6) is 1.13. The molecule has 0 bridgehead atoms. The van der Waals surface area contributed by atoms with Crippen molar-refractivity contribution < 1.29 is 20.1 Å². The average molecular weight is 411 g/mol. The summed E-state index contributed by atoms with van der Waals surface area (Å²) in [6, 6.07) is 12.2. The molecule has 4 nitrogen and oxygen atoms in total. The number of aromatic hydroxyl groups is 2. The second kappa shape index (κ2) is 6.78. The standard InChI is InChI=1S/C24H26O4S/c1-24-11-10-17-16-7-4-14(26)12-18(16)22(28)23(21(17)19(24)8-9-20(24)27)29-15-5-2-13(25)3-6-15/h2-7,12,17,19-21,23,25-27H,8-11H2,1H3/t17?,19?,20-,21?,23-,24-/m0/s1. The van der Waals surface area contributed by atoms with Crippen molar-refractivity contribution >= 4 is 17.5 Å². The van der Waals surface area contributed by atoms with Crippen LogP contribution in [0.25, 0.3) is 0 Å². The van der Waals surface area contributed by atoms with Crippen molar-refractivity contribution in [2.75, 3.05) is 0 Å². The number of Topliss-reactive ketones (excluding diaryl/α,β-unsaturated/α-hetero) is 1. The smallest absolute Gasteiger partial charge is 0.176 e. The second-order valence-corrected chi connectivity index (χ2v) is 10.3. The summed E-state index contributed by atoms with van der Waals surface area (Å²) in [6.07, 6.45) is 3.37. The predicted molar refractivity (Wildman–Crippen MR) is 112 cm³/mol. The van der Waals surface area contributed by atoms with Gasteiger partial charge in [0.2, 0.25) is 0 Å². The molecule has 0 amide bonds. The number of phenolic OH excluding ortho intramolecular Hbond substituents is 2. The van der Waals surface area contributed by atoms with Gasteiger partial charge in [-0.1, -0.05) is 13.0 Å². The van der Waals surface area contributed by atoms with E-state index in [9.17, 15) is 20.1 Å². The van der Waals surface area contributed by atoms with Gasteiger partial charge in [-0.2, -0.15) is 0 Å².